The minimum atomic E-state index is -2.22. The highest BCUT2D eigenvalue weighted by Crippen LogP contribution is 2.40. The van der Waals surface area contributed by atoms with Crippen LogP contribution in [-0.2, 0) is 0 Å². The van der Waals surface area contributed by atoms with Crippen molar-refractivity contribution in [3.63, 3.8) is 0 Å². The molecule has 0 amide bonds. The smallest absolute Gasteiger partial charge is 0.253 e. The summed E-state index contributed by atoms with van der Waals surface area (Å²) in [6, 6.07) is -0.298. The summed E-state index contributed by atoms with van der Waals surface area (Å²) in [6.45, 7) is 0.938. The molecular weight excluding hydrogens is 176 g/mol. The van der Waals surface area contributed by atoms with Gasteiger partial charge >= 0.3 is 0 Å². The average Bonchev–Trinajstić information content (AvgIpc) is 2.72. The lowest BCUT2D eigenvalue weighted by Gasteiger charge is -2.23. The summed E-state index contributed by atoms with van der Waals surface area (Å²) in [5.74, 6) is 0.263. The van der Waals surface area contributed by atoms with Gasteiger partial charge in [-0.1, -0.05) is 0 Å². The van der Waals surface area contributed by atoms with Gasteiger partial charge in [-0.05, 0) is 31.7 Å². The van der Waals surface area contributed by atoms with E-state index in [-0.39, 0.29) is 18.6 Å². The highest BCUT2D eigenvalue weighted by Gasteiger charge is 2.47. The van der Waals surface area contributed by atoms with Crippen molar-refractivity contribution in [3.05, 3.63) is 0 Å². The van der Waals surface area contributed by atoms with Crippen LogP contribution >= 0.6 is 0 Å². The van der Waals surface area contributed by atoms with Gasteiger partial charge in [-0.25, -0.2) is 8.78 Å². The number of rotatable bonds is 3. The second-order valence-corrected chi connectivity index (χ2v) is 4.03. The molecule has 0 radical (unpaired) electrons. The van der Waals surface area contributed by atoms with Crippen molar-refractivity contribution in [2.24, 2.45) is 5.92 Å². The van der Waals surface area contributed by atoms with Gasteiger partial charge in [-0.3, -0.25) is 4.90 Å². The van der Waals surface area contributed by atoms with Crippen molar-refractivity contribution in [2.75, 3.05) is 13.2 Å². The largest absolute Gasteiger partial charge is 0.396 e. The molecule has 1 heterocycles. The Morgan fingerprint density at radius 2 is 2.23 bits per heavy atom. The van der Waals surface area contributed by atoms with Crippen LogP contribution in [0.2, 0.25) is 0 Å². The molecule has 2 aliphatic rings. The molecule has 1 N–H and O–H groups in total. The first-order chi connectivity index (χ1) is 6.24. The number of aliphatic hydroxyl groups excluding tert-OH is 1. The van der Waals surface area contributed by atoms with E-state index in [1.165, 1.54) is 0 Å². The summed E-state index contributed by atoms with van der Waals surface area (Å²) in [5, 5.41) is 8.85. The van der Waals surface area contributed by atoms with Crippen molar-refractivity contribution in [2.45, 2.75) is 37.8 Å². The molecule has 0 aromatic rings. The van der Waals surface area contributed by atoms with Gasteiger partial charge in [0.05, 0.1) is 6.04 Å². The molecule has 76 valence electrons. The third-order valence-electron chi connectivity index (χ3n) is 3.18. The van der Waals surface area contributed by atoms with Gasteiger partial charge in [0.1, 0.15) is 0 Å². The monoisotopic (exact) mass is 191 g/mol. The van der Waals surface area contributed by atoms with Crippen LogP contribution in [-0.4, -0.2) is 41.7 Å². The van der Waals surface area contributed by atoms with Gasteiger partial charge in [-0.15, -0.1) is 0 Å². The fraction of sp³-hybridized carbons (Fsp3) is 1.00. The summed E-state index contributed by atoms with van der Waals surface area (Å²) in [4.78, 5) is 1.89. The third-order valence-corrected chi connectivity index (χ3v) is 3.18. The second-order valence-electron chi connectivity index (χ2n) is 4.03. The zero-order chi connectivity index (χ0) is 9.42. The van der Waals surface area contributed by atoms with E-state index in [0.717, 1.165) is 19.4 Å². The van der Waals surface area contributed by atoms with Crippen LogP contribution in [0.15, 0.2) is 0 Å². The fourth-order valence-electron chi connectivity index (χ4n) is 2.33. The van der Waals surface area contributed by atoms with Crippen molar-refractivity contribution < 1.29 is 13.9 Å². The van der Waals surface area contributed by atoms with Crippen molar-refractivity contribution >= 4 is 0 Å². The minimum Gasteiger partial charge on any atom is -0.396 e. The first kappa shape index (κ1) is 9.34. The predicted octanol–water partition coefficient (Wildman–Crippen LogP) is 1.10. The molecule has 1 saturated heterocycles. The molecule has 2 unspecified atom stereocenters. The quantitative estimate of drug-likeness (QED) is 0.722. The molecule has 0 spiro atoms. The number of halogens is 2. The fourth-order valence-corrected chi connectivity index (χ4v) is 2.33. The van der Waals surface area contributed by atoms with Crippen LogP contribution < -0.4 is 0 Å². The minimum absolute atomic E-state index is 0.150. The first-order valence-electron chi connectivity index (χ1n) is 4.88. The number of likely N-dealkylation sites (tertiary alicyclic amines) is 1. The lowest BCUT2D eigenvalue weighted by molar-refractivity contribution is 0.0399. The maximum Gasteiger partial charge on any atom is 0.253 e. The number of aliphatic hydroxyl groups is 1. The van der Waals surface area contributed by atoms with E-state index in [4.69, 9.17) is 5.11 Å². The van der Waals surface area contributed by atoms with Crippen LogP contribution in [0, 0.1) is 5.92 Å². The normalized spacial score (nSPS) is 40.2. The SMILES string of the molecule is OCC1CC1N1CCC[C@H]1C(F)F. The van der Waals surface area contributed by atoms with Crippen LogP contribution in [0.1, 0.15) is 19.3 Å². The van der Waals surface area contributed by atoms with Gasteiger partial charge in [0, 0.05) is 12.6 Å². The molecule has 0 aromatic heterocycles. The highest BCUT2D eigenvalue weighted by molar-refractivity contribution is 4.99. The van der Waals surface area contributed by atoms with E-state index >= 15 is 0 Å². The van der Waals surface area contributed by atoms with Gasteiger partial charge in [0.25, 0.3) is 6.43 Å². The molecule has 4 heteroatoms. The molecule has 1 aliphatic heterocycles. The molecule has 0 bridgehead atoms. The van der Waals surface area contributed by atoms with E-state index in [9.17, 15) is 8.78 Å². The van der Waals surface area contributed by atoms with Crippen LogP contribution in [0.5, 0.6) is 0 Å². The Labute approximate surface area is 76.5 Å². The average molecular weight is 191 g/mol. The molecule has 1 aliphatic carbocycles. The predicted molar refractivity (Wildman–Crippen MR) is 44.7 cm³/mol. The Kier molecular flexibility index (Phi) is 2.51. The summed E-state index contributed by atoms with van der Waals surface area (Å²) in [6.07, 6.45) is 0.179. The lowest BCUT2D eigenvalue weighted by Crippen LogP contribution is -2.37. The van der Waals surface area contributed by atoms with E-state index in [1.54, 1.807) is 0 Å². The Morgan fingerprint density at radius 3 is 2.77 bits per heavy atom. The van der Waals surface area contributed by atoms with E-state index in [2.05, 4.69) is 0 Å². The molecule has 2 rings (SSSR count). The van der Waals surface area contributed by atoms with Crippen molar-refractivity contribution in [1.29, 1.82) is 0 Å². The standard InChI is InChI=1S/C9H15F2NO/c10-9(11)7-2-1-3-12(7)8-4-6(8)5-13/h6-9,13H,1-5H2/t6?,7-,8?/m0/s1. The molecular formula is C9H15F2NO. The molecule has 13 heavy (non-hydrogen) atoms. The maximum absolute atomic E-state index is 12.5. The molecule has 2 nitrogen and oxygen atoms in total. The first-order valence-corrected chi connectivity index (χ1v) is 4.88. The number of alkyl halides is 2. The number of hydrogen-bond donors (Lipinski definition) is 1. The number of hydrogen-bond acceptors (Lipinski definition) is 2. The van der Waals surface area contributed by atoms with Gasteiger partial charge in [0.15, 0.2) is 0 Å². The second kappa shape index (κ2) is 3.50. The van der Waals surface area contributed by atoms with Gasteiger partial charge in [-0.2, -0.15) is 0 Å². The van der Waals surface area contributed by atoms with Crippen LogP contribution in [0.4, 0.5) is 8.78 Å². The van der Waals surface area contributed by atoms with Gasteiger partial charge in [0.2, 0.25) is 0 Å². The maximum atomic E-state index is 12.5. The zero-order valence-electron chi connectivity index (χ0n) is 7.50. The summed E-state index contributed by atoms with van der Waals surface area (Å²) >= 11 is 0. The van der Waals surface area contributed by atoms with E-state index < -0.39 is 12.5 Å². The summed E-state index contributed by atoms with van der Waals surface area (Å²) in [5.41, 5.74) is 0. The van der Waals surface area contributed by atoms with E-state index in [0.29, 0.717) is 6.42 Å². The lowest BCUT2D eigenvalue weighted by atomic mass is 10.2. The Balaban J connectivity index is 1.91. The van der Waals surface area contributed by atoms with Crippen molar-refractivity contribution in [3.8, 4) is 0 Å². The Bertz CT molecular complexity index is 188. The summed E-state index contributed by atoms with van der Waals surface area (Å²) in [7, 11) is 0. The third kappa shape index (κ3) is 1.70. The highest BCUT2D eigenvalue weighted by atomic mass is 19.3. The Hall–Kier alpha value is -0.220. The summed E-state index contributed by atoms with van der Waals surface area (Å²) < 4.78 is 25.0. The topological polar surface area (TPSA) is 23.5 Å². The van der Waals surface area contributed by atoms with Gasteiger partial charge < -0.3 is 5.11 Å². The molecule has 0 aromatic carbocycles. The van der Waals surface area contributed by atoms with E-state index in [1.807, 2.05) is 4.90 Å². The van der Waals surface area contributed by atoms with Crippen LogP contribution in [0.25, 0.3) is 0 Å². The Morgan fingerprint density at radius 1 is 1.46 bits per heavy atom. The zero-order valence-corrected chi connectivity index (χ0v) is 7.50. The number of nitrogens with zero attached hydrogens (tertiary/aromatic N) is 1. The molecule has 3 atom stereocenters. The van der Waals surface area contributed by atoms with Crippen molar-refractivity contribution in [1.82, 2.24) is 4.90 Å². The molecule has 1 saturated carbocycles. The molecule has 2 fully saturated rings. The van der Waals surface area contributed by atoms with Crippen LogP contribution in [0.3, 0.4) is 0 Å².